The molecule has 9 amide bonds. The second-order valence-corrected chi connectivity index (χ2v) is 17.4. The van der Waals surface area contributed by atoms with Gasteiger partial charge in [-0.25, -0.2) is 9.78 Å². The number of amides is 9. The lowest BCUT2D eigenvalue weighted by Crippen LogP contribution is -2.60. The minimum atomic E-state index is -1.69. The van der Waals surface area contributed by atoms with E-state index in [1.54, 1.807) is 6.26 Å². The standard InChI is InChI=1S/C40H62N12O11S/c1-4-21(2)32(50-33(55)23-8-5-12-44-23)37(59)49-27(16-22-19-43-20-45-22)38(60)52-14-7-10-29(52)39(61)51-13-6-9-28(51)36(58)48-26(18-31(42)54)35(57)47-25(17-30(41)53)34(56)46-24(40(62)63)11-15-64-3/h19-21,23-29,32,44H,4-18H2,1-3H3,(H2,41,53)(H2,42,54)(H,43,45)(H,46,56)(H,47,57)(H,48,58)(H,49,59)(H,50,55)(H,62,63)/t21-,23-,24-,25-,26-,27-,28-,29-,32-/m0/s1. The van der Waals surface area contributed by atoms with Crippen molar-refractivity contribution in [2.75, 3.05) is 31.6 Å². The van der Waals surface area contributed by atoms with E-state index in [1.165, 1.54) is 34.1 Å². The molecule has 0 saturated carbocycles. The highest BCUT2D eigenvalue weighted by Crippen LogP contribution is 2.26. The van der Waals surface area contributed by atoms with Crippen LogP contribution in [-0.2, 0) is 54.4 Å². The lowest BCUT2D eigenvalue weighted by molar-refractivity contribution is -0.148. The Morgan fingerprint density at radius 1 is 0.797 bits per heavy atom. The Kier molecular flexibility index (Phi) is 19.3. The van der Waals surface area contributed by atoms with Crippen molar-refractivity contribution in [2.45, 2.75) is 133 Å². The molecule has 3 aliphatic heterocycles. The van der Waals surface area contributed by atoms with Crippen LogP contribution in [0.25, 0.3) is 0 Å². The highest BCUT2D eigenvalue weighted by molar-refractivity contribution is 7.98. The van der Waals surface area contributed by atoms with Gasteiger partial charge in [0.05, 0.1) is 25.2 Å². The van der Waals surface area contributed by atoms with E-state index in [2.05, 4.69) is 41.9 Å². The fraction of sp³-hybridized carbons (Fsp3) is 0.675. The first kappa shape index (κ1) is 50.9. The molecular weight excluding hydrogens is 857 g/mol. The SMILES string of the molecule is CC[C@H](C)[C@H](NC(=O)[C@@H]1CCCN1)C(=O)N[C@@H](Cc1cnc[nH]1)C(=O)N1CCC[C@H]1C(=O)N1CCC[C@H]1C(=O)N[C@@H](CC(N)=O)C(=O)N[C@@H](CC(N)=O)C(=O)N[C@@H](CCSC)C(=O)O. The van der Waals surface area contributed by atoms with Gasteiger partial charge in [0.15, 0.2) is 0 Å². The van der Waals surface area contributed by atoms with Crippen LogP contribution in [0, 0.1) is 5.92 Å². The summed E-state index contributed by atoms with van der Waals surface area (Å²) in [4.78, 5) is 142. The summed E-state index contributed by atoms with van der Waals surface area (Å²) in [6, 6.07) is -9.47. The number of H-pyrrole nitrogens is 1. The first-order valence-corrected chi connectivity index (χ1v) is 23.0. The van der Waals surface area contributed by atoms with Crippen molar-refractivity contribution in [3.63, 3.8) is 0 Å². The molecule has 0 aromatic carbocycles. The van der Waals surface area contributed by atoms with Crippen LogP contribution in [0.2, 0.25) is 0 Å². The van der Waals surface area contributed by atoms with Crippen LogP contribution in [0.1, 0.15) is 83.7 Å². The van der Waals surface area contributed by atoms with Gasteiger partial charge in [0.25, 0.3) is 0 Å². The number of primary amides is 2. The summed E-state index contributed by atoms with van der Waals surface area (Å²) in [7, 11) is 0. The second kappa shape index (κ2) is 24.3. The van der Waals surface area contributed by atoms with E-state index in [-0.39, 0.29) is 50.6 Å². The minimum Gasteiger partial charge on any atom is -0.480 e. The van der Waals surface area contributed by atoms with Crippen LogP contribution in [0.3, 0.4) is 0 Å². The molecule has 4 rings (SSSR count). The third kappa shape index (κ3) is 14.1. The molecule has 0 spiro atoms. The van der Waals surface area contributed by atoms with E-state index in [9.17, 15) is 53.1 Å². The summed E-state index contributed by atoms with van der Waals surface area (Å²) in [6.07, 6.45) is 6.41. The number of aromatic nitrogens is 2. The Morgan fingerprint density at radius 3 is 1.97 bits per heavy atom. The van der Waals surface area contributed by atoms with Crippen LogP contribution in [-0.4, -0.2) is 164 Å². The summed E-state index contributed by atoms with van der Waals surface area (Å²) in [5, 5.41) is 25.4. The third-order valence-corrected chi connectivity index (χ3v) is 12.4. The normalized spacial score (nSPS) is 21.1. The summed E-state index contributed by atoms with van der Waals surface area (Å²) in [6.45, 7) is 4.68. The molecule has 0 unspecified atom stereocenters. The van der Waals surface area contributed by atoms with Crippen molar-refractivity contribution in [3.05, 3.63) is 18.2 Å². The number of aromatic amines is 1. The molecule has 3 fully saturated rings. The van der Waals surface area contributed by atoms with Gasteiger partial charge >= 0.3 is 5.97 Å². The Bertz CT molecular complexity index is 1860. The smallest absolute Gasteiger partial charge is 0.326 e. The lowest BCUT2D eigenvalue weighted by atomic mass is 9.97. The molecular formula is C40H62N12O11S. The number of carboxylic acid groups (broad SMARTS) is 1. The van der Waals surface area contributed by atoms with E-state index in [1.807, 2.05) is 13.8 Å². The quantitative estimate of drug-likeness (QED) is 0.0487. The topological polar surface area (TPSA) is 350 Å². The molecule has 24 heteroatoms. The Labute approximate surface area is 374 Å². The molecule has 1 aromatic heterocycles. The number of hydrogen-bond donors (Lipinski definition) is 10. The van der Waals surface area contributed by atoms with Gasteiger partial charge in [0.2, 0.25) is 53.2 Å². The highest BCUT2D eigenvalue weighted by atomic mass is 32.2. The van der Waals surface area contributed by atoms with Crippen molar-refractivity contribution < 1.29 is 53.1 Å². The maximum atomic E-state index is 14.5. The fourth-order valence-corrected chi connectivity index (χ4v) is 8.52. The zero-order chi connectivity index (χ0) is 47.1. The number of carboxylic acids is 1. The van der Waals surface area contributed by atoms with Gasteiger partial charge < -0.3 is 63.3 Å². The van der Waals surface area contributed by atoms with Crippen molar-refractivity contribution in [3.8, 4) is 0 Å². The van der Waals surface area contributed by atoms with Gasteiger partial charge in [-0.3, -0.25) is 43.2 Å². The van der Waals surface area contributed by atoms with Crippen LogP contribution < -0.4 is 43.4 Å². The predicted molar refractivity (Wildman–Crippen MR) is 230 cm³/mol. The second-order valence-electron chi connectivity index (χ2n) is 16.4. The van der Waals surface area contributed by atoms with Crippen LogP contribution in [0.15, 0.2) is 12.5 Å². The molecule has 4 heterocycles. The van der Waals surface area contributed by atoms with Crippen LogP contribution in [0.5, 0.6) is 0 Å². The number of carbonyl (C=O) groups excluding carboxylic acids is 9. The number of nitrogens with zero attached hydrogens (tertiary/aromatic N) is 3. The fourth-order valence-electron chi connectivity index (χ4n) is 8.05. The number of nitrogens with two attached hydrogens (primary N) is 2. The molecule has 1 aromatic rings. The molecule has 0 radical (unpaired) electrons. The first-order valence-electron chi connectivity index (χ1n) is 21.6. The highest BCUT2D eigenvalue weighted by Gasteiger charge is 2.45. The zero-order valence-electron chi connectivity index (χ0n) is 36.4. The van der Waals surface area contributed by atoms with E-state index in [0.717, 1.165) is 6.42 Å². The molecule has 64 heavy (non-hydrogen) atoms. The van der Waals surface area contributed by atoms with Gasteiger partial charge in [-0.15, -0.1) is 0 Å². The van der Waals surface area contributed by atoms with Crippen molar-refractivity contribution in [1.82, 2.24) is 51.7 Å². The Balaban J connectivity index is 1.49. The van der Waals surface area contributed by atoms with Gasteiger partial charge in [0, 0.05) is 31.4 Å². The largest absolute Gasteiger partial charge is 0.480 e. The van der Waals surface area contributed by atoms with E-state index in [0.29, 0.717) is 43.7 Å². The first-order chi connectivity index (χ1) is 30.4. The van der Waals surface area contributed by atoms with E-state index >= 15 is 0 Å². The maximum absolute atomic E-state index is 14.5. The maximum Gasteiger partial charge on any atom is 0.326 e. The van der Waals surface area contributed by atoms with Crippen molar-refractivity contribution >= 4 is 70.9 Å². The van der Waals surface area contributed by atoms with Crippen LogP contribution >= 0.6 is 11.8 Å². The number of thioether (sulfide) groups is 1. The van der Waals surface area contributed by atoms with E-state index in [4.69, 9.17) is 11.5 Å². The number of likely N-dealkylation sites (tertiary alicyclic amines) is 2. The molecule has 0 aliphatic carbocycles. The molecule has 3 saturated heterocycles. The summed E-state index contributed by atoms with van der Waals surface area (Å²) in [5.41, 5.74) is 11.3. The summed E-state index contributed by atoms with van der Waals surface area (Å²) < 4.78 is 0. The summed E-state index contributed by atoms with van der Waals surface area (Å²) in [5.74, 6) is -8.27. The minimum absolute atomic E-state index is 0.00842. The number of rotatable bonds is 24. The number of aliphatic carboxylic acids is 1. The van der Waals surface area contributed by atoms with E-state index < -0.39 is 114 Å². The lowest BCUT2D eigenvalue weighted by Gasteiger charge is -2.34. The van der Waals surface area contributed by atoms with Crippen LogP contribution in [0.4, 0.5) is 0 Å². The number of imidazole rings is 1. The molecule has 354 valence electrons. The zero-order valence-corrected chi connectivity index (χ0v) is 37.2. The monoisotopic (exact) mass is 918 g/mol. The average Bonchev–Trinajstić information content (AvgIpc) is 4.10. The Hall–Kier alpha value is -5.78. The Morgan fingerprint density at radius 2 is 1.41 bits per heavy atom. The number of hydrogen-bond acceptors (Lipinski definition) is 13. The molecule has 9 atom stereocenters. The molecule has 3 aliphatic rings. The van der Waals surface area contributed by atoms with Gasteiger partial charge in [-0.1, -0.05) is 20.3 Å². The number of carbonyl (C=O) groups is 10. The predicted octanol–water partition coefficient (Wildman–Crippen LogP) is -3.26. The third-order valence-electron chi connectivity index (χ3n) is 11.7. The van der Waals surface area contributed by atoms with Gasteiger partial charge in [0.1, 0.15) is 42.3 Å². The summed E-state index contributed by atoms with van der Waals surface area (Å²) >= 11 is 1.34. The van der Waals surface area contributed by atoms with Crippen molar-refractivity contribution in [2.24, 2.45) is 17.4 Å². The number of nitrogens with one attached hydrogen (secondary N) is 7. The molecule has 23 nitrogen and oxygen atoms in total. The molecule has 12 N–H and O–H groups in total. The molecule has 0 bridgehead atoms. The van der Waals surface area contributed by atoms with Gasteiger partial charge in [-0.05, 0) is 69.4 Å². The average molecular weight is 919 g/mol. The van der Waals surface area contributed by atoms with Crippen molar-refractivity contribution in [1.29, 1.82) is 0 Å². The van der Waals surface area contributed by atoms with Gasteiger partial charge in [-0.2, -0.15) is 11.8 Å².